The summed E-state index contributed by atoms with van der Waals surface area (Å²) in [5.41, 5.74) is 9.04. The third-order valence-corrected chi connectivity index (χ3v) is 4.51. The molecule has 4 heteroatoms. The lowest BCUT2D eigenvalue weighted by atomic mass is 9.78. The molecule has 3 nitrogen and oxygen atoms in total. The Labute approximate surface area is 124 Å². The molecule has 106 valence electrons. The first-order valence-electron chi connectivity index (χ1n) is 6.92. The standard InChI is InChI=1S/C15H24BrN3/c1-19(2)8-7-18-15(11-17)6-5-12-9-14(16)4-3-13(12)10-15/h3-4,9,18H,5-8,10-11,17H2,1-2H3. The fraction of sp³-hybridized carbons (Fsp3) is 0.600. The molecule has 0 saturated heterocycles. The van der Waals surface area contributed by atoms with Gasteiger partial charge in [-0.15, -0.1) is 0 Å². The molecule has 0 heterocycles. The molecule has 1 unspecified atom stereocenters. The number of halogens is 1. The van der Waals surface area contributed by atoms with Crippen molar-refractivity contribution in [3.05, 3.63) is 33.8 Å². The van der Waals surface area contributed by atoms with Crippen LogP contribution < -0.4 is 11.1 Å². The molecule has 2 rings (SSSR count). The minimum Gasteiger partial charge on any atom is -0.329 e. The first-order chi connectivity index (χ1) is 9.04. The maximum absolute atomic E-state index is 6.06. The van der Waals surface area contributed by atoms with Gasteiger partial charge in [0.2, 0.25) is 0 Å². The van der Waals surface area contributed by atoms with Crippen molar-refractivity contribution in [2.75, 3.05) is 33.7 Å². The van der Waals surface area contributed by atoms with Gasteiger partial charge in [-0.2, -0.15) is 0 Å². The van der Waals surface area contributed by atoms with Gasteiger partial charge in [-0.25, -0.2) is 0 Å². The summed E-state index contributed by atoms with van der Waals surface area (Å²) in [5.74, 6) is 0. The monoisotopic (exact) mass is 325 g/mol. The number of hydrogen-bond acceptors (Lipinski definition) is 3. The van der Waals surface area contributed by atoms with E-state index in [-0.39, 0.29) is 5.54 Å². The molecular formula is C15H24BrN3. The van der Waals surface area contributed by atoms with Crippen LogP contribution in [0, 0.1) is 0 Å². The number of likely N-dealkylation sites (N-methyl/N-ethyl adjacent to an activating group) is 1. The quantitative estimate of drug-likeness (QED) is 0.867. The van der Waals surface area contributed by atoms with Crippen LogP contribution in [0.2, 0.25) is 0 Å². The average molecular weight is 326 g/mol. The van der Waals surface area contributed by atoms with Gasteiger partial charge in [0, 0.05) is 29.6 Å². The zero-order valence-corrected chi connectivity index (χ0v) is 13.5. The summed E-state index contributed by atoms with van der Waals surface area (Å²) in [5, 5.41) is 3.69. The van der Waals surface area contributed by atoms with Crippen LogP contribution in [0.25, 0.3) is 0 Å². The highest BCUT2D eigenvalue weighted by atomic mass is 79.9. The Hall–Kier alpha value is -0.420. The van der Waals surface area contributed by atoms with Crippen molar-refractivity contribution in [2.24, 2.45) is 5.73 Å². The number of nitrogens with one attached hydrogen (secondary N) is 1. The molecule has 0 spiro atoms. The van der Waals surface area contributed by atoms with Crippen LogP contribution in [0.5, 0.6) is 0 Å². The Bertz CT molecular complexity index is 433. The van der Waals surface area contributed by atoms with Crippen molar-refractivity contribution in [3.8, 4) is 0 Å². The van der Waals surface area contributed by atoms with Crippen LogP contribution in [0.4, 0.5) is 0 Å². The van der Waals surface area contributed by atoms with Crippen molar-refractivity contribution in [2.45, 2.75) is 24.8 Å². The van der Waals surface area contributed by atoms with E-state index in [1.54, 1.807) is 0 Å². The minimum absolute atomic E-state index is 0.0802. The van der Waals surface area contributed by atoms with Crippen molar-refractivity contribution < 1.29 is 0 Å². The number of nitrogens with zero attached hydrogens (tertiary/aromatic N) is 1. The first-order valence-corrected chi connectivity index (χ1v) is 7.71. The third kappa shape index (κ3) is 3.78. The predicted octanol–water partition coefficient (Wildman–Crippen LogP) is 1.79. The maximum atomic E-state index is 6.06. The molecule has 0 aliphatic heterocycles. The van der Waals surface area contributed by atoms with E-state index in [2.05, 4.69) is 58.4 Å². The van der Waals surface area contributed by atoms with E-state index in [9.17, 15) is 0 Å². The molecule has 0 fully saturated rings. The van der Waals surface area contributed by atoms with Gasteiger partial charge in [0.25, 0.3) is 0 Å². The number of nitrogens with two attached hydrogens (primary N) is 1. The van der Waals surface area contributed by atoms with Gasteiger partial charge < -0.3 is 16.0 Å². The van der Waals surface area contributed by atoms with Gasteiger partial charge >= 0.3 is 0 Å². The lowest BCUT2D eigenvalue weighted by Crippen LogP contribution is -2.56. The van der Waals surface area contributed by atoms with Crippen molar-refractivity contribution >= 4 is 15.9 Å². The topological polar surface area (TPSA) is 41.3 Å². The maximum Gasteiger partial charge on any atom is 0.0348 e. The highest BCUT2D eigenvalue weighted by Gasteiger charge is 2.32. The molecule has 1 atom stereocenters. The van der Waals surface area contributed by atoms with Gasteiger partial charge in [0.1, 0.15) is 0 Å². The normalized spacial score (nSPS) is 22.6. The van der Waals surface area contributed by atoms with E-state index in [1.165, 1.54) is 15.6 Å². The van der Waals surface area contributed by atoms with Crippen LogP contribution in [-0.2, 0) is 12.8 Å². The second kappa shape index (κ2) is 6.35. The summed E-state index contributed by atoms with van der Waals surface area (Å²) < 4.78 is 1.17. The molecule has 0 aromatic heterocycles. The van der Waals surface area contributed by atoms with E-state index in [0.29, 0.717) is 6.54 Å². The zero-order chi connectivity index (χ0) is 13.9. The number of rotatable bonds is 5. The van der Waals surface area contributed by atoms with E-state index in [1.807, 2.05) is 0 Å². The number of fused-ring (bicyclic) bond motifs is 1. The molecular weight excluding hydrogens is 302 g/mol. The van der Waals surface area contributed by atoms with Gasteiger partial charge in [-0.3, -0.25) is 0 Å². The lowest BCUT2D eigenvalue weighted by Gasteiger charge is -2.39. The average Bonchev–Trinajstić information content (AvgIpc) is 2.38. The Morgan fingerprint density at radius 1 is 1.37 bits per heavy atom. The summed E-state index contributed by atoms with van der Waals surface area (Å²) in [7, 11) is 4.20. The molecule has 0 bridgehead atoms. The number of benzene rings is 1. The summed E-state index contributed by atoms with van der Waals surface area (Å²) in [6.07, 6.45) is 3.28. The Morgan fingerprint density at radius 2 is 2.16 bits per heavy atom. The lowest BCUT2D eigenvalue weighted by molar-refractivity contribution is 0.276. The smallest absolute Gasteiger partial charge is 0.0348 e. The second-order valence-electron chi connectivity index (χ2n) is 5.80. The van der Waals surface area contributed by atoms with Crippen LogP contribution >= 0.6 is 15.9 Å². The summed E-state index contributed by atoms with van der Waals surface area (Å²) >= 11 is 3.55. The fourth-order valence-corrected chi connectivity index (χ4v) is 3.18. The van der Waals surface area contributed by atoms with E-state index in [0.717, 1.165) is 32.4 Å². The van der Waals surface area contributed by atoms with Crippen molar-refractivity contribution in [1.29, 1.82) is 0 Å². The Balaban J connectivity index is 2.06. The summed E-state index contributed by atoms with van der Waals surface area (Å²) in [4.78, 5) is 2.20. The van der Waals surface area contributed by atoms with Gasteiger partial charge in [0.05, 0.1) is 0 Å². The van der Waals surface area contributed by atoms with E-state index >= 15 is 0 Å². The summed E-state index contributed by atoms with van der Waals surface area (Å²) in [6, 6.07) is 6.61. The fourth-order valence-electron chi connectivity index (χ4n) is 2.77. The molecule has 1 aliphatic carbocycles. The molecule has 3 N–H and O–H groups in total. The largest absolute Gasteiger partial charge is 0.329 e. The number of aryl methyl sites for hydroxylation is 1. The minimum atomic E-state index is 0.0802. The molecule has 1 aromatic carbocycles. The number of hydrogen-bond donors (Lipinski definition) is 2. The third-order valence-electron chi connectivity index (χ3n) is 4.02. The second-order valence-corrected chi connectivity index (χ2v) is 6.72. The Kier molecular flexibility index (Phi) is 5.01. The molecule has 19 heavy (non-hydrogen) atoms. The van der Waals surface area contributed by atoms with Crippen LogP contribution in [0.1, 0.15) is 17.5 Å². The molecule has 1 aromatic rings. The van der Waals surface area contributed by atoms with Crippen molar-refractivity contribution in [3.63, 3.8) is 0 Å². The van der Waals surface area contributed by atoms with Gasteiger partial charge in [0.15, 0.2) is 0 Å². The molecule has 1 aliphatic rings. The van der Waals surface area contributed by atoms with E-state index in [4.69, 9.17) is 5.73 Å². The van der Waals surface area contributed by atoms with Crippen LogP contribution in [0.15, 0.2) is 22.7 Å². The molecule has 0 amide bonds. The molecule has 0 saturated carbocycles. The SMILES string of the molecule is CN(C)CCNC1(CN)CCc2cc(Br)ccc2C1. The Morgan fingerprint density at radius 3 is 2.84 bits per heavy atom. The summed E-state index contributed by atoms with van der Waals surface area (Å²) in [6.45, 7) is 2.75. The predicted molar refractivity (Wildman–Crippen MR) is 84.5 cm³/mol. The van der Waals surface area contributed by atoms with Gasteiger partial charge in [-0.05, 0) is 56.6 Å². The van der Waals surface area contributed by atoms with Crippen LogP contribution in [-0.4, -0.2) is 44.2 Å². The van der Waals surface area contributed by atoms with Crippen molar-refractivity contribution in [1.82, 2.24) is 10.2 Å². The van der Waals surface area contributed by atoms with Crippen LogP contribution in [0.3, 0.4) is 0 Å². The van der Waals surface area contributed by atoms with E-state index < -0.39 is 0 Å². The highest BCUT2D eigenvalue weighted by molar-refractivity contribution is 9.10. The highest BCUT2D eigenvalue weighted by Crippen LogP contribution is 2.30. The first kappa shape index (κ1) is 15.0. The molecule has 0 radical (unpaired) electrons. The zero-order valence-electron chi connectivity index (χ0n) is 11.9. The van der Waals surface area contributed by atoms with Gasteiger partial charge in [-0.1, -0.05) is 22.0 Å².